The van der Waals surface area contributed by atoms with Crippen LogP contribution in [0.2, 0.25) is 0 Å². The predicted molar refractivity (Wildman–Crippen MR) is 48.1 cm³/mol. The largest absolute Gasteiger partial charge is 0.334 e. The van der Waals surface area contributed by atoms with Crippen LogP contribution in [0.1, 0.15) is 0 Å². The highest BCUT2D eigenvalue weighted by Gasteiger charge is 2.34. The summed E-state index contributed by atoms with van der Waals surface area (Å²) in [5.41, 5.74) is 0. The Morgan fingerprint density at radius 1 is 1.42 bits per heavy atom. The molecule has 12 heavy (non-hydrogen) atoms. The van der Waals surface area contributed by atoms with Gasteiger partial charge in [0.05, 0.1) is 0 Å². The number of rotatable bonds is 1. The van der Waals surface area contributed by atoms with E-state index in [1.54, 1.807) is 0 Å². The molecular weight excluding hydrogens is 246 g/mol. The number of carbonyl (C=O) groups is 2. The van der Waals surface area contributed by atoms with Gasteiger partial charge in [-0.3, -0.25) is 14.4 Å². The van der Waals surface area contributed by atoms with Gasteiger partial charge in [0.2, 0.25) is 5.91 Å². The Morgan fingerprint density at radius 2 is 2.00 bits per heavy atom. The average molecular weight is 250 g/mol. The van der Waals surface area contributed by atoms with Crippen LogP contribution in [-0.2, 0) is 4.79 Å². The number of nitrogens with zero attached hydrogens (tertiary/aromatic N) is 1. The number of halogens is 3. The molecular formula is C4H3Cl3N2O2S. The summed E-state index contributed by atoms with van der Waals surface area (Å²) in [7, 11) is 0. The van der Waals surface area contributed by atoms with E-state index in [2.05, 4.69) is 0 Å². The molecule has 0 unspecified atom stereocenters. The van der Waals surface area contributed by atoms with Crippen molar-refractivity contribution in [1.82, 2.24) is 9.62 Å². The van der Waals surface area contributed by atoms with E-state index in [0.717, 1.165) is 4.31 Å². The van der Waals surface area contributed by atoms with Gasteiger partial charge < -0.3 is 0 Å². The molecule has 1 saturated heterocycles. The SMILES string of the molecule is O=C1CN(SC(Cl)(Cl)Cl)C(=O)N1. The van der Waals surface area contributed by atoms with E-state index in [1.807, 2.05) is 5.32 Å². The fourth-order valence-corrected chi connectivity index (χ4v) is 1.93. The van der Waals surface area contributed by atoms with Crippen LogP contribution < -0.4 is 5.32 Å². The molecule has 0 spiro atoms. The highest BCUT2D eigenvalue weighted by Crippen LogP contribution is 2.41. The van der Waals surface area contributed by atoms with Gasteiger partial charge in [-0.05, 0) is 0 Å². The van der Waals surface area contributed by atoms with E-state index in [-0.39, 0.29) is 6.54 Å². The zero-order valence-electron chi connectivity index (χ0n) is 5.51. The van der Waals surface area contributed by atoms with Crippen LogP contribution in [0, 0.1) is 0 Å². The number of alkyl halides is 3. The molecule has 0 atom stereocenters. The van der Waals surface area contributed by atoms with E-state index in [9.17, 15) is 9.59 Å². The third-order valence-electron chi connectivity index (χ3n) is 0.974. The van der Waals surface area contributed by atoms with Gasteiger partial charge in [0.25, 0.3) is 3.12 Å². The van der Waals surface area contributed by atoms with Crippen LogP contribution in [0.4, 0.5) is 4.79 Å². The maximum Gasteiger partial charge on any atom is 0.334 e. The number of imide groups is 1. The summed E-state index contributed by atoms with van der Waals surface area (Å²) >= 11 is 16.8. The first-order chi connectivity index (χ1) is 5.38. The number of hydrogen-bond acceptors (Lipinski definition) is 3. The maximum absolute atomic E-state index is 10.9. The van der Waals surface area contributed by atoms with Crippen LogP contribution in [0.25, 0.3) is 0 Å². The molecule has 1 rings (SSSR count). The number of urea groups is 1. The summed E-state index contributed by atoms with van der Waals surface area (Å²) in [6.45, 7) is -0.0859. The summed E-state index contributed by atoms with van der Waals surface area (Å²) in [4.78, 5) is 21.5. The minimum Gasteiger partial charge on any atom is -0.276 e. The Bertz CT molecular complexity index is 229. The molecule has 8 heteroatoms. The zero-order valence-corrected chi connectivity index (χ0v) is 8.60. The van der Waals surface area contributed by atoms with Crippen molar-refractivity contribution in [1.29, 1.82) is 0 Å². The average Bonchev–Trinajstić information content (AvgIpc) is 2.06. The van der Waals surface area contributed by atoms with Crippen LogP contribution in [0.15, 0.2) is 0 Å². The van der Waals surface area contributed by atoms with Crippen LogP contribution in [-0.4, -0.2) is 25.9 Å². The molecule has 3 amide bonds. The quantitative estimate of drug-likeness (QED) is 0.435. The van der Waals surface area contributed by atoms with Gasteiger partial charge in [-0.2, -0.15) is 0 Å². The summed E-state index contributed by atoms with van der Waals surface area (Å²) < 4.78 is -0.572. The van der Waals surface area contributed by atoms with Crippen molar-refractivity contribution in [2.75, 3.05) is 6.54 Å². The fourth-order valence-electron chi connectivity index (χ4n) is 0.622. The topological polar surface area (TPSA) is 49.4 Å². The first-order valence-corrected chi connectivity index (χ1v) is 4.66. The Balaban J connectivity index is 2.54. The summed E-state index contributed by atoms with van der Waals surface area (Å²) in [5, 5.41) is 2.04. The van der Waals surface area contributed by atoms with Crippen molar-refractivity contribution in [3.63, 3.8) is 0 Å². The molecule has 0 aromatic carbocycles. The van der Waals surface area contributed by atoms with Crippen LogP contribution in [0.5, 0.6) is 0 Å². The number of nitrogens with one attached hydrogen (secondary N) is 1. The van der Waals surface area contributed by atoms with E-state index >= 15 is 0 Å². The Hall–Kier alpha value is 0.160. The second-order valence-corrected chi connectivity index (χ2v) is 6.12. The standard InChI is InChI=1S/C4H3Cl3N2O2S/c5-4(6,7)12-9-1-2(10)8-3(9)11/h1H2,(H,8,10,11). The van der Waals surface area contributed by atoms with E-state index in [4.69, 9.17) is 34.8 Å². The minimum absolute atomic E-state index is 0.0859. The van der Waals surface area contributed by atoms with Gasteiger partial charge in [-0.25, -0.2) is 4.79 Å². The Kier molecular flexibility index (Phi) is 2.98. The van der Waals surface area contributed by atoms with E-state index in [1.165, 1.54) is 0 Å². The second-order valence-electron chi connectivity index (χ2n) is 1.93. The molecule has 1 aliphatic rings. The molecule has 1 aliphatic heterocycles. The monoisotopic (exact) mass is 248 g/mol. The summed E-state index contributed by atoms with van der Waals surface area (Å²) in [5.74, 6) is -0.401. The van der Waals surface area contributed by atoms with Crippen molar-refractivity contribution in [2.45, 2.75) is 3.12 Å². The summed E-state index contributed by atoms with van der Waals surface area (Å²) in [6, 6.07) is -0.559. The third kappa shape index (κ3) is 2.90. The van der Waals surface area contributed by atoms with Crippen molar-refractivity contribution in [2.24, 2.45) is 0 Å². The lowest BCUT2D eigenvalue weighted by Crippen LogP contribution is -2.25. The van der Waals surface area contributed by atoms with Crippen molar-refractivity contribution < 1.29 is 9.59 Å². The first-order valence-electron chi connectivity index (χ1n) is 2.76. The Morgan fingerprint density at radius 3 is 2.33 bits per heavy atom. The number of amides is 3. The van der Waals surface area contributed by atoms with Crippen LogP contribution >= 0.6 is 46.8 Å². The third-order valence-corrected chi connectivity index (χ3v) is 2.32. The van der Waals surface area contributed by atoms with Gasteiger partial charge in [-0.15, -0.1) is 0 Å². The van der Waals surface area contributed by atoms with Gasteiger partial charge in [0.15, 0.2) is 0 Å². The summed E-state index contributed by atoms with van der Waals surface area (Å²) in [6.07, 6.45) is 0. The van der Waals surface area contributed by atoms with Gasteiger partial charge in [-0.1, -0.05) is 34.8 Å². The predicted octanol–water partition coefficient (Wildman–Crippen LogP) is 1.51. The normalized spacial score (nSPS) is 18.4. The molecule has 0 radical (unpaired) electrons. The van der Waals surface area contributed by atoms with Crippen molar-refractivity contribution in [3.8, 4) is 0 Å². The zero-order chi connectivity index (χ0) is 9.35. The fraction of sp³-hybridized carbons (Fsp3) is 0.500. The van der Waals surface area contributed by atoms with Crippen LogP contribution in [0.3, 0.4) is 0 Å². The molecule has 0 aromatic heterocycles. The Labute approximate surface area is 87.6 Å². The van der Waals surface area contributed by atoms with Crippen molar-refractivity contribution >= 4 is 58.7 Å². The van der Waals surface area contributed by atoms with Gasteiger partial charge in [0, 0.05) is 11.9 Å². The first kappa shape index (κ1) is 10.2. The maximum atomic E-state index is 10.9. The highest BCUT2D eigenvalue weighted by atomic mass is 35.6. The number of carbonyl (C=O) groups excluding carboxylic acids is 2. The van der Waals surface area contributed by atoms with E-state index in [0.29, 0.717) is 11.9 Å². The smallest absolute Gasteiger partial charge is 0.276 e. The molecule has 0 bridgehead atoms. The van der Waals surface area contributed by atoms with Gasteiger partial charge >= 0.3 is 6.03 Å². The molecule has 68 valence electrons. The lowest BCUT2D eigenvalue weighted by Gasteiger charge is -2.16. The lowest BCUT2D eigenvalue weighted by molar-refractivity contribution is -0.118. The molecule has 1 heterocycles. The van der Waals surface area contributed by atoms with E-state index < -0.39 is 15.1 Å². The molecule has 0 aromatic rings. The molecule has 4 nitrogen and oxygen atoms in total. The number of hydrogen-bond donors (Lipinski definition) is 1. The highest BCUT2D eigenvalue weighted by molar-refractivity contribution is 8.03. The second kappa shape index (κ2) is 3.49. The molecule has 1 fully saturated rings. The minimum atomic E-state index is -1.62. The molecule has 0 saturated carbocycles. The van der Waals surface area contributed by atoms with Gasteiger partial charge in [0.1, 0.15) is 6.54 Å². The molecule has 0 aliphatic carbocycles. The van der Waals surface area contributed by atoms with Crippen molar-refractivity contribution in [3.05, 3.63) is 0 Å². The lowest BCUT2D eigenvalue weighted by atomic mass is 10.7. The molecule has 1 N–H and O–H groups in total.